The Morgan fingerprint density at radius 3 is 2.38 bits per heavy atom. The van der Waals surface area contributed by atoms with Crippen LogP contribution in [0.15, 0.2) is 69.6 Å². The zero-order valence-electron chi connectivity index (χ0n) is 20.5. The summed E-state index contributed by atoms with van der Waals surface area (Å²) < 4.78 is 16.1. The van der Waals surface area contributed by atoms with E-state index in [9.17, 15) is 23.6 Å². The fraction of sp³-hybridized carbons (Fsp3) is 0.286. The normalized spacial score (nSPS) is 11.1. The summed E-state index contributed by atoms with van der Waals surface area (Å²) in [7, 11) is 0. The highest BCUT2D eigenvalue weighted by Crippen LogP contribution is 2.16. The molecule has 2 aromatic carbocycles. The number of halogens is 1. The van der Waals surface area contributed by atoms with E-state index in [0.29, 0.717) is 42.4 Å². The lowest BCUT2D eigenvalue weighted by molar-refractivity contribution is -0.121. The molecule has 0 atom stereocenters. The first-order valence-electron chi connectivity index (χ1n) is 12.2. The maximum atomic E-state index is 13.2. The van der Waals surface area contributed by atoms with E-state index in [1.165, 1.54) is 45.7 Å². The highest BCUT2D eigenvalue weighted by Gasteiger charge is 2.17. The van der Waals surface area contributed by atoms with Gasteiger partial charge in [-0.1, -0.05) is 36.2 Å². The summed E-state index contributed by atoms with van der Waals surface area (Å²) in [5, 5.41) is 4.62. The van der Waals surface area contributed by atoms with Crippen molar-refractivity contribution in [2.24, 2.45) is 0 Å². The second-order valence-corrected chi connectivity index (χ2v) is 9.88. The number of ketones is 1. The van der Waals surface area contributed by atoms with E-state index in [1.54, 1.807) is 11.4 Å². The van der Waals surface area contributed by atoms with Crippen LogP contribution in [0.1, 0.15) is 47.2 Å². The molecule has 2 heterocycles. The summed E-state index contributed by atoms with van der Waals surface area (Å²) >= 11 is 1.22. The average Bonchev–Trinajstić information content (AvgIpc) is 3.38. The quantitative estimate of drug-likeness (QED) is 0.234. The van der Waals surface area contributed by atoms with E-state index in [4.69, 9.17) is 0 Å². The van der Waals surface area contributed by atoms with Crippen molar-refractivity contribution in [3.8, 4) is 0 Å². The summed E-state index contributed by atoms with van der Waals surface area (Å²) in [4.78, 5) is 51.0. The number of aryl methyl sites for hydroxylation is 1. The Balaban J connectivity index is 1.36. The Morgan fingerprint density at radius 1 is 0.919 bits per heavy atom. The second-order valence-electron chi connectivity index (χ2n) is 8.96. The number of amides is 1. The molecule has 0 bridgehead atoms. The standard InChI is InChI=1S/C28H28FN3O4S/c1-19-6-8-20(9-7-19)17-30-25(34)5-3-2-4-15-31-27(35)26-23(14-16-37-26)32(28(31)36)18-24(33)21-10-12-22(29)13-11-21/h6-14,16H,2-5,15,17-18H2,1H3,(H,30,34). The number of Topliss-reactive ketones (excluding diaryl/α,β-unsaturated/α-hetero) is 1. The van der Waals surface area contributed by atoms with E-state index in [2.05, 4.69) is 5.32 Å². The van der Waals surface area contributed by atoms with Crippen molar-refractivity contribution in [3.05, 3.63) is 103 Å². The molecule has 4 aromatic rings. The van der Waals surface area contributed by atoms with Gasteiger partial charge in [-0.25, -0.2) is 9.18 Å². The van der Waals surface area contributed by atoms with Gasteiger partial charge in [0.2, 0.25) is 5.91 Å². The number of hydrogen-bond acceptors (Lipinski definition) is 5. The van der Waals surface area contributed by atoms with Crippen molar-refractivity contribution in [1.29, 1.82) is 0 Å². The van der Waals surface area contributed by atoms with E-state index in [-0.39, 0.29) is 35.9 Å². The monoisotopic (exact) mass is 521 g/mol. The van der Waals surface area contributed by atoms with Gasteiger partial charge in [-0.05, 0) is 61.0 Å². The molecule has 9 heteroatoms. The number of rotatable bonds is 11. The van der Waals surface area contributed by atoms with Crippen LogP contribution in [-0.4, -0.2) is 20.8 Å². The van der Waals surface area contributed by atoms with Crippen LogP contribution in [0.25, 0.3) is 10.2 Å². The Morgan fingerprint density at radius 2 is 1.65 bits per heavy atom. The van der Waals surface area contributed by atoms with E-state index in [0.717, 1.165) is 10.1 Å². The molecule has 4 rings (SSSR count). The van der Waals surface area contributed by atoms with Crippen molar-refractivity contribution in [1.82, 2.24) is 14.5 Å². The fourth-order valence-electron chi connectivity index (χ4n) is 4.08. The predicted octanol–water partition coefficient (Wildman–Crippen LogP) is 4.43. The molecule has 0 fully saturated rings. The van der Waals surface area contributed by atoms with Gasteiger partial charge in [-0.15, -0.1) is 11.3 Å². The smallest absolute Gasteiger partial charge is 0.331 e. The number of fused-ring (bicyclic) bond motifs is 1. The lowest BCUT2D eigenvalue weighted by atomic mass is 10.1. The van der Waals surface area contributed by atoms with E-state index >= 15 is 0 Å². The van der Waals surface area contributed by atoms with Crippen molar-refractivity contribution in [2.45, 2.75) is 52.2 Å². The number of unbranched alkanes of at least 4 members (excludes halogenated alkanes) is 2. The molecule has 0 saturated carbocycles. The minimum atomic E-state index is -0.554. The molecule has 192 valence electrons. The molecule has 7 nitrogen and oxygen atoms in total. The maximum absolute atomic E-state index is 13.2. The third kappa shape index (κ3) is 6.48. The first-order chi connectivity index (χ1) is 17.8. The Labute approximate surface area is 217 Å². The largest absolute Gasteiger partial charge is 0.352 e. The maximum Gasteiger partial charge on any atom is 0.331 e. The van der Waals surface area contributed by atoms with Crippen molar-refractivity contribution < 1.29 is 14.0 Å². The van der Waals surface area contributed by atoms with Gasteiger partial charge in [-0.3, -0.25) is 23.5 Å². The number of hydrogen-bond donors (Lipinski definition) is 1. The van der Waals surface area contributed by atoms with Gasteiger partial charge < -0.3 is 5.32 Å². The third-order valence-electron chi connectivity index (χ3n) is 6.20. The summed E-state index contributed by atoms with van der Waals surface area (Å²) in [6, 6.07) is 14.8. The lowest BCUT2D eigenvalue weighted by Gasteiger charge is -2.12. The Hall–Kier alpha value is -3.85. The highest BCUT2D eigenvalue weighted by molar-refractivity contribution is 7.17. The van der Waals surface area contributed by atoms with Crippen molar-refractivity contribution in [2.75, 3.05) is 0 Å². The Kier molecular flexibility index (Phi) is 8.45. The molecule has 0 saturated heterocycles. The second kappa shape index (κ2) is 11.9. The minimum absolute atomic E-state index is 0.0422. The van der Waals surface area contributed by atoms with Gasteiger partial charge in [0.05, 0.1) is 12.1 Å². The highest BCUT2D eigenvalue weighted by atomic mass is 32.1. The van der Waals surface area contributed by atoms with Gasteiger partial charge in [0, 0.05) is 25.1 Å². The van der Waals surface area contributed by atoms with Gasteiger partial charge >= 0.3 is 5.69 Å². The first-order valence-corrected chi connectivity index (χ1v) is 13.0. The zero-order chi connectivity index (χ0) is 26.4. The summed E-state index contributed by atoms with van der Waals surface area (Å²) in [6.07, 6.45) is 2.21. The molecule has 0 radical (unpaired) electrons. The fourth-order valence-corrected chi connectivity index (χ4v) is 4.92. The van der Waals surface area contributed by atoms with Gasteiger partial charge in [-0.2, -0.15) is 0 Å². The number of nitrogens with one attached hydrogen (secondary N) is 1. The summed E-state index contributed by atoms with van der Waals surface area (Å²) in [5.74, 6) is -0.845. The molecular weight excluding hydrogens is 493 g/mol. The van der Waals surface area contributed by atoms with Crippen LogP contribution >= 0.6 is 11.3 Å². The first kappa shape index (κ1) is 26.2. The molecule has 0 spiro atoms. The molecule has 0 aliphatic heterocycles. The number of carbonyl (C=O) groups excluding carboxylic acids is 2. The molecule has 37 heavy (non-hydrogen) atoms. The van der Waals surface area contributed by atoms with Crippen LogP contribution in [0.5, 0.6) is 0 Å². The van der Waals surface area contributed by atoms with Crippen LogP contribution in [0.2, 0.25) is 0 Å². The lowest BCUT2D eigenvalue weighted by Crippen LogP contribution is -2.40. The molecule has 0 aliphatic rings. The molecule has 1 N–H and O–H groups in total. The molecule has 0 aliphatic carbocycles. The zero-order valence-corrected chi connectivity index (χ0v) is 21.4. The van der Waals surface area contributed by atoms with Crippen LogP contribution in [0.3, 0.4) is 0 Å². The van der Waals surface area contributed by atoms with Gasteiger partial charge in [0.1, 0.15) is 10.5 Å². The van der Waals surface area contributed by atoms with Crippen LogP contribution in [-0.2, 0) is 24.4 Å². The summed E-state index contributed by atoms with van der Waals surface area (Å²) in [5.41, 5.74) is 1.97. The number of carbonyl (C=O) groups is 2. The van der Waals surface area contributed by atoms with Crippen molar-refractivity contribution >= 4 is 33.2 Å². The Bertz CT molecular complexity index is 1520. The van der Waals surface area contributed by atoms with E-state index in [1.807, 2.05) is 31.2 Å². The molecule has 1 amide bonds. The number of aromatic nitrogens is 2. The third-order valence-corrected chi connectivity index (χ3v) is 7.09. The van der Waals surface area contributed by atoms with Gasteiger partial charge in [0.25, 0.3) is 5.56 Å². The molecule has 2 aromatic heterocycles. The van der Waals surface area contributed by atoms with Crippen LogP contribution in [0.4, 0.5) is 4.39 Å². The van der Waals surface area contributed by atoms with Crippen molar-refractivity contribution in [3.63, 3.8) is 0 Å². The number of nitrogens with zero attached hydrogens (tertiary/aromatic N) is 2. The van der Waals surface area contributed by atoms with Gasteiger partial charge in [0.15, 0.2) is 5.78 Å². The van der Waals surface area contributed by atoms with Crippen LogP contribution in [0, 0.1) is 12.7 Å². The summed E-state index contributed by atoms with van der Waals surface area (Å²) in [6.45, 7) is 2.43. The SMILES string of the molecule is Cc1ccc(CNC(=O)CCCCCn2c(=O)c3sccc3n(CC(=O)c3ccc(F)cc3)c2=O)cc1. The van der Waals surface area contributed by atoms with E-state index < -0.39 is 11.5 Å². The number of thiophene rings is 1. The molecular formula is C28H28FN3O4S. The van der Waals surface area contributed by atoms with Crippen LogP contribution < -0.4 is 16.6 Å². The predicted molar refractivity (Wildman–Crippen MR) is 143 cm³/mol. The minimum Gasteiger partial charge on any atom is -0.352 e. The average molecular weight is 522 g/mol. The number of benzene rings is 2. The topological polar surface area (TPSA) is 90.2 Å². The molecule has 0 unspecified atom stereocenters.